The molecule has 0 heterocycles. The first-order valence-electron chi connectivity index (χ1n) is 13.0. The number of hydrogen-bond acceptors (Lipinski definition) is 1. The molecule has 168 valence electrons. The van der Waals surface area contributed by atoms with Crippen LogP contribution < -0.4 is 0 Å². The Balaban J connectivity index is 1.55. The van der Waals surface area contributed by atoms with Crippen LogP contribution in [0.2, 0.25) is 0 Å². The summed E-state index contributed by atoms with van der Waals surface area (Å²) in [6.45, 7) is 14.7. The number of hydrogen-bond donors (Lipinski definition) is 1. The van der Waals surface area contributed by atoms with Crippen LogP contribution in [-0.4, -0.2) is 11.2 Å². The molecule has 1 nitrogen and oxygen atoms in total. The van der Waals surface area contributed by atoms with E-state index in [0.29, 0.717) is 16.7 Å². The molecule has 0 aromatic rings. The van der Waals surface area contributed by atoms with Gasteiger partial charge in [-0.1, -0.05) is 76.5 Å². The lowest BCUT2D eigenvalue weighted by Gasteiger charge is -2.55. The largest absolute Gasteiger partial charge is 0.393 e. The van der Waals surface area contributed by atoms with E-state index in [1.165, 1.54) is 50.5 Å². The van der Waals surface area contributed by atoms with Crippen molar-refractivity contribution in [3.8, 4) is 0 Å². The Kier molecular flexibility index (Phi) is 6.17. The smallest absolute Gasteiger partial charge is 0.0578 e. The molecule has 1 N–H and O–H groups in total. The lowest BCUT2D eigenvalue weighted by Crippen LogP contribution is -2.46. The molecule has 3 saturated carbocycles. The van der Waals surface area contributed by atoms with Gasteiger partial charge in [0.15, 0.2) is 0 Å². The van der Waals surface area contributed by atoms with Crippen LogP contribution in [0.5, 0.6) is 0 Å². The fraction of sp³-hybridized carbons (Fsp3) is 0.793. The number of allylic oxidation sites excluding steroid dienone is 5. The summed E-state index contributed by atoms with van der Waals surface area (Å²) in [5.74, 6) is 3.84. The van der Waals surface area contributed by atoms with Gasteiger partial charge in [0.1, 0.15) is 0 Å². The molecule has 0 radical (unpaired) electrons. The monoisotopic (exact) mass is 410 g/mol. The molecule has 0 aliphatic heterocycles. The Labute approximate surface area is 186 Å². The van der Waals surface area contributed by atoms with Crippen LogP contribution in [-0.2, 0) is 0 Å². The standard InChI is InChI=1S/C29H46O/c1-7-21(19(2)3)9-8-20(4)25-12-13-26-24-11-10-22-18-23(30)14-16-28(22,5)27(24)15-17-29(25,26)6/h9-11,19-20,23,25-27,30H,7-8,12-18H2,1-6H3/b21-9+/t20-,23?,25-,26+,27+,28+,29-/m1/s1. The van der Waals surface area contributed by atoms with Gasteiger partial charge < -0.3 is 5.11 Å². The third kappa shape index (κ3) is 3.58. The second-order valence-corrected chi connectivity index (χ2v) is 12.0. The Hall–Kier alpha value is -0.820. The van der Waals surface area contributed by atoms with E-state index in [4.69, 9.17) is 0 Å². The van der Waals surface area contributed by atoms with Crippen molar-refractivity contribution < 1.29 is 5.11 Å². The second kappa shape index (κ2) is 8.27. The van der Waals surface area contributed by atoms with Crippen LogP contribution in [0.1, 0.15) is 99.3 Å². The maximum Gasteiger partial charge on any atom is 0.0578 e. The molecule has 0 bridgehead atoms. The van der Waals surface area contributed by atoms with Crippen molar-refractivity contribution in [2.75, 3.05) is 0 Å². The molecule has 1 heteroatoms. The van der Waals surface area contributed by atoms with Crippen molar-refractivity contribution in [1.82, 2.24) is 0 Å². The van der Waals surface area contributed by atoms with Crippen LogP contribution in [0.4, 0.5) is 0 Å². The van der Waals surface area contributed by atoms with Crippen LogP contribution in [0.25, 0.3) is 0 Å². The molecule has 1 unspecified atom stereocenters. The van der Waals surface area contributed by atoms with E-state index < -0.39 is 0 Å². The topological polar surface area (TPSA) is 20.2 Å². The Morgan fingerprint density at radius 1 is 1.07 bits per heavy atom. The van der Waals surface area contributed by atoms with Crippen LogP contribution in [0.15, 0.2) is 34.9 Å². The Morgan fingerprint density at radius 2 is 1.83 bits per heavy atom. The molecule has 4 rings (SSSR count). The first kappa shape index (κ1) is 22.4. The predicted octanol–water partition coefficient (Wildman–Crippen LogP) is 7.87. The summed E-state index contributed by atoms with van der Waals surface area (Å²) < 4.78 is 0. The zero-order valence-corrected chi connectivity index (χ0v) is 20.5. The molecule has 7 atom stereocenters. The maximum absolute atomic E-state index is 10.2. The zero-order valence-electron chi connectivity index (χ0n) is 20.5. The quantitative estimate of drug-likeness (QED) is 0.457. The van der Waals surface area contributed by atoms with Crippen molar-refractivity contribution in [2.24, 2.45) is 40.4 Å². The van der Waals surface area contributed by atoms with E-state index in [1.54, 1.807) is 11.1 Å². The fourth-order valence-electron chi connectivity index (χ4n) is 8.25. The van der Waals surface area contributed by atoms with Gasteiger partial charge in [0.25, 0.3) is 0 Å². The average Bonchev–Trinajstić information content (AvgIpc) is 3.06. The third-order valence-electron chi connectivity index (χ3n) is 10.2. The van der Waals surface area contributed by atoms with Gasteiger partial charge in [-0.05, 0) is 98.2 Å². The van der Waals surface area contributed by atoms with Gasteiger partial charge >= 0.3 is 0 Å². The van der Waals surface area contributed by atoms with Gasteiger partial charge in [0.2, 0.25) is 0 Å². The highest BCUT2D eigenvalue weighted by atomic mass is 16.3. The molecule has 0 aromatic carbocycles. The van der Waals surface area contributed by atoms with Crippen molar-refractivity contribution >= 4 is 0 Å². The summed E-state index contributed by atoms with van der Waals surface area (Å²) in [5, 5.41) is 10.2. The highest BCUT2D eigenvalue weighted by molar-refractivity contribution is 5.38. The highest BCUT2D eigenvalue weighted by Crippen LogP contribution is 2.66. The minimum atomic E-state index is -0.114. The first-order valence-corrected chi connectivity index (χ1v) is 13.0. The second-order valence-electron chi connectivity index (χ2n) is 12.0. The summed E-state index contributed by atoms with van der Waals surface area (Å²) in [5.41, 5.74) is 5.76. The van der Waals surface area contributed by atoms with Crippen LogP contribution in [0, 0.1) is 40.4 Å². The van der Waals surface area contributed by atoms with Crippen LogP contribution in [0.3, 0.4) is 0 Å². The predicted molar refractivity (Wildman–Crippen MR) is 128 cm³/mol. The summed E-state index contributed by atoms with van der Waals surface area (Å²) in [4.78, 5) is 0. The minimum absolute atomic E-state index is 0.114. The summed E-state index contributed by atoms with van der Waals surface area (Å²) in [6.07, 6.45) is 18.5. The van der Waals surface area contributed by atoms with Crippen molar-refractivity contribution in [2.45, 2.75) is 105 Å². The number of aliphatic hydroxyl groups is 1. The van der Waals surface area contributed by atoms with Gasteiger partial charge in [-0.3, -0.25) is 0 Å². The lowest BCUT2D eigenvalue weighted by atomic mass is 9.50. The van der Waals surface area contributed by atoms with E-state index in [2.05, 4.69) is 59.8 Å². The maximum atomic E-state index is 10.2. The van der Waals surface area contributed by atoms with Gasteiger partial charge in [-0.15, -0.1) is 0 Å². The molecule has 0 aromatic heterocycles. The van der Waals surface area contributed by atoms with E-state index in [1.807, 2.05) is 0 Å². The SMILES string of the molecule is CC/C(=C\C[C@@H](C)[C@H]1CC[C@H]2C3=CC=C4CC(O)CC[C@]4(C)[C@H]3CC[C@]12C)C(C)C. The normalized spacial score (nSPS) is 42.2. The van der Waals surface area contributed by atoms with Crippen molar-refractivity contribution in [3.05, 3.63) is 34.9 Å². The zero-order chi connectivity index (χ0) is 21.7. The summed E-state index contributed by atoms with van der Waals surface area (Å²) >= 11 is 0. The molecule has 4 aliphatic carbocycles. The average molecular weight is 411 g/mol. The van der Waals surface area contributed by atoms with Crippen molar-refractivity contribution in [3.63, 3.8) is 0 Å². The van der Waals surface area contributed by atoms with Gasteiger partial charge in [0.05, 0.1) is 6.10 Å². The highest BCUT2D eigenvalue weighted by Gasteiger charge is 2.56. The molecule has 0 amide bonds. The molecule has 30 heavy (non-hydrogen) atoms. The molecular formula is C29H46O. The van der Waals surface area contributed by atoms with E-state index in [0.717, 1.165) is 36.5 Å². The molecule has 4 aliphatic rings. The molecule has 3 fully saturated rings. The number of aliphatic hydroxyl groups excluding tert-OH is 1. The van der Waals surface area contributed by atoms with E-state index in [9.17, 15) is 5.11 Å². The molecular weight excluding hydrogens is 364 g/mol. The van der Waals surface area contributed by atoms with Gasteiger partial charge in [-0.2, -0.15) is 0 Å². The fourth-order valence-corrected chi connectivity index (χ4v) is 8.25. The third-order valence-corrected chi connectivity index (χ3v) is 10.2. The first-order chi connectivity index (χ1) is 14.2. The molecule has 0 saturated heterocycles. The Morgan fingerprint density at radius 3 is 2.53 bits per heavy atom. The van der Waals surface area contributed by atoms with Crippen molar-refractivity contribution in [1.29, 1.82) is 0 Å². The number of rotatable bonds is 5. The summed E-state index contributed by atoms with van der Waals surface area (Å²) in [6, 6.07) is 0. The van der Waals surface area contributed by atoms with Gasteiger partial charge in [0, 0.05) is 0 Å². The summed E-state index contributed by atoms with van der Waals surface area (Å²) in [7, 11) is 0. The van der Waals surface area contributed by atoms with E-state index >= 15 is 0 Å². The number of fused-ring (bicyclic) bond motifs is 5. The van der Waals surface area contributed by atoms with Gasteiger partial charge in [-0.25, -0.2) is 0 Å². The minimum Gasteiger partial charge on any atom is -0.393 e. The molecule has 0 spiro atoms. The lowest BCUT2D eigenvalue weighted by molar-refractivity contribution is 0.0340. The van der Waals surface area contributed by atoms with E-state index in [-0.39, 0.29) is 6.10 Å². The Bertz CT molecular complexity index is 739. The van der Waals surface area contributed by atoms with Crippen LogP contribution >= 0.6 is 0 Å².